The van der Waals surface area contributed by atoms with Crippen LogP contribution in [0.1, 0.15) is 60.3 Å². The van der Waals surface area contributed by atoms with Crippen molar-refractivity contribution in [3.05, 3.63) is 11.6 Å². The van der Waals surface area contributed by atoms with E-state index in [0.29, 0.717) is 12.2 Å². The third kappa shape index (κ3) is 13.2. The average molecular weight is 379 g/mol. The predicted octanol–water partition coefficient (Wildman–Crippen LogP) is 5.30. The summed E-state index contributed by atoms with van der Waals surface area (Å²) in [6.45, 7) is 10.1. The first-order valence-corrected chi connectivity index (χ1v) is 12.5. The molecule has 0 bridgehead atoms. The maximum Gasteiger partial charge on any atom is 0.248 e. The van der Waals surface area contributed by atoms with Crippen LogP contribution in [0.5, 0.6) is 0 Å². The third-order valence-corrected chi connectivity index (χ3v) is 7.90. The largest absolute Gasteiger partial charge is 0.396 e. The van der Waals surface area contributed by atoms with Gasteiger partial charge in [0.2, 0.25) is 5.69 Å². The number of unbranched alkanes of at least 4 members (excludes halogenated alkanes) is 2. The molecule has 6 heteroatoms. The molecule has 0 radical (unpaired) electrons. The quantitative estimate of drug-likeness (QED) is 0.300. The number of rotatable bonds is 11. The molecule has 0 aliphatic rings. The summed E-state index contributed by atoms with van der Waals surface area (Å²) in [5.41, 5.74) is -1.38. The second-order valence-electron chi connectivity index (χ2n) is 5.66. The Hall–Kier alpha value is 0.180. The van der Waals surface area contributed by atoms with E-state index in [2.05, 4.69) is 18.8 Å². The Morgan fingerprint density at radius 2 is 1.87 bits per heavy atom. The lowest BCUT2D eigenvalue weighted by atomic mass is 10.2. The van der Waals surface area contributed by atoms with Gasteiger partial charge in [-0.2, -0.15) is 0 Å². The van der Waals surface area contributed by atoms with Crippen LogP contribution in [-0.4, -0.2) is 29.7 Å². The molecule has 0 unspecified atom stereocenters. The fourth-order valence-electron chi connectivity index (χ4n) is 1.61. The summed E-state index contributed by atoms with van der Waals surface area (Å²) in [4.78, 5) is 0. The van der Waals surface area contributed by atoms with Crippen LogP contribution in [0.4, 0.5) is 0 Å². The minimum Gasteiger partial charge on any atom is -0.396 e. The van der Waals surface area contributed by atoms with Crippen molar-refractivity contribution in [2.24, 2.45) is 0 Å². The molecule has 0 amide bonds. The summed E-state index contributed by atoms with van der Waals surface area (Å²) in [5.74, 6) is 7.01. The van der Waals surface area contributed by atoms with Crippen molar-refractivity contribution in [3.63, 3.8) is 0 Å². The Kier molecular flexibility index (Phi) is 13.6. The Bertz CT molecular complexity index is 436. The Labute approximate surface area is 151 Å². The number of hydrogen-bond donors (Lipinski definition) is 1. The highest BCUT2D eigenvalue weighted by Gasteiger charge is 2.22. The molecule has 0 rings (SSSR count). The Morgan fingerprint density at radius 1 is 1.26 bits per heavy atom. The normalized spacial score (nSPS) is 12.6. The standard InChI is InChI=1S/C17H31O3PS2/c1-6-7-8-9-10-17(11-13-18)12-14-23-21(22,19-15(2)3)20-16(4)5/h12,15-16,18H,6-8,11,13-14H2,1-5H3/b17-12-. The van der Waals surface area contributed by atoms with Crippen molar-refractivity contribution >= 4 is 28.9 Å². The summed E-state index contributed by atoms with van der Waals surface area (Å²) in [5, 5.41) is 9.16. The number of hydrogen-bond acceptors (Lipinski definition) is 5. The summed E-state index contributed by atoms with van der Waals surface area (Å²) in [6.07, 6.45) is 5.86. The molecule has 0 saturated carbocycles. The molecular weight excluding hydrogens is 347 g/mol. The zero-order valence-electron chi connectivity index (χ0n) is 15.0. The monoisotopic (exact) mass is 378 g/mol. The summed E-state index contributed by atoms with van der Waals surface area (Å²) in [7, 11) is 0. The Morgan fingerprint density at radius 3 is 2.35 bits per heavy atom. The van der Waals surface area contributed by atoms with Gasteiger partial charge in [0.05, 0.1) is 12.2 Å². The average Bonchev–Trinajstić information content (AvgIpc) is 2.41. The van der Waals surface area contributed by atoms with Crippen LogP contribution in [0.25, 0.3) is 0 Å². The molecule has 0 spiro atoms. The first kappa shape index (κ1) is 23.2. The maximum absolute atomic E-state index is 9.16. The van der Waals surface area contributed by atoms with Gasteiger partial charge in [-0.05, 0) is 45.9 Å². The van der Waals surface area contributed by atoms with Gasteiger partial charge in [-0.15, -0.1) is 0 Å². The van der Waals surface area contributed by atoms with Gasteiger partial charge in [-0.1, -0.05) is 42.6 Å². The van der Waals surface area contributed by atoms with Gasteiger partial charge in [-0.3, -0.25) is 0 Å². The van der Waals surface area contributed by atoms with Crippen molar-refractivity contribution in [2.45, 2.75) is 72.5 Å². The van der Waals surface area contributed by atoms with Crippen molar-refractivity contribution in [1.29, 1.82) is 0 Å². The molecule has 0 fully saturated rings. The lowest BCUT2D eigenvalue weighted by Crippen LogP contribution is -2.06. The topological polar surface area (TPSA) is 38.7 Å². The van der Waals surface area contributed by atoms with Crippen LogP contribution in [-0.2, 0) is 20.9 Å². The van der Waals surface area contributed by atoms with Crippen LogP contribution in [0, 0.1) is 11.8 Å². The first-order valence-electron chi connectivity index (χ1n) is 8.23. The molecule has 3 nitrogen and oxygen atoms in total. The van der Waals surface area contributed by atoms with Gasteiger partial charge < -0.3 is 14.2 Å². The van der Waals surface area contributed by atoms with E-state index in [-0.39, 0.29) is 18.8 Å². The van der Waals surface area contributed by atoms with E-state index >= 15 is 0 Å². The molecule has 134 valence electrons. The van der Waals surface area contributed by atoms with E-state index in [0.717, 1.165) is 24.8 Å². The van der Waals surface area contributed by atoms with Crippen LogP contribution < -0.4 is 0 Å². The first-order chi connectivity index (χ1) is 10.8. The van der Waals surface area contributed by atoms with Crippen molar-refractivity contribution < 1.29 is 14.2 Å². The lowest BCUT2D eigenvalue weighted by molar-refractivity contribution is 0.186. The fourth-order valence-corrected chi connectivity index (χ4v) is 7.02. The van der Waals surface area contributed by atoms with Crippen LogP contribution in [0.15, 0.2) is 11.6 Å². The molecule has 1 N–H and O–H groups in total. The van der Waals surface area contributed by atoms with Gasteiger partial charge in [-0.25, -0.2) is 0 Å². The van der Waals surface area contributed by atoms with Crippen molar-refractivity contribution in [1.82, 2.24) is 0 Å². The zero-order valence-corrected chi connectivity index (χ0v) is 17.5. The predicted molar refractivity (Wildman–Crippen MR) is 106 cm³/mol. The highest BCUT2D eigenvalue weighted by molar-refractivity contribution is 8.67. The van der Waals surface area contributed by atoms with Crippen LogP contribution in [0.2, 0.25) is 0 Å². The smallest absolute Gasteiger partial charge is 0.248 e. The molecule has 0 aliphatic carbocycles. The minimum absolute atomic E-state index is 0.0433. The molecular formula is C17H31O3PS2. The molecule has 0 aliphatic heterocycles. The molecule has 0 heterocycles. The molecule has 0 saturated heterocycles. The molecule has 0 aromatic heterocycles. The maximum atomic E-state index is 9.16. The molecule has 0 aromatic rings. The van der Waals surface area contributed by atoms with E-state index in [1.807, 2.05) is 33.8 Å². The highest BCUT2D eigenvalue weighted by Crippen LogP contribution is 2.62. The van der Waals surface area contributed by atoms with Gasteiger partial charge in [0.1, 0.15) is 0 Å². The van der Waals surface area contributed by atoms with Crippen LogP contribution >= 0.6 is 17.1 Å². The SMILES string of the molecule is CCCCC#C/C(=C/CSP(=S)(OC(C)C)OC(C)C)CCO. The Balaban J connectivity index is 4.75. The summed E-state index contributed by atoms with van der Waals surface area (Å²) < 4.78 is 11.7. The lowest BCUT2D eigenvalue weighted by Gasteiger charge is -2.25. The molecule has 0 aromatic carbocycles. The summed E-state index contributed by atoms with van der Waals surface area (Å²) in [6, 6.07) is 0. The van der Waals surface area contributed by atoms with E-state index in [9.17, 15) is 0 Å². The van der Waals surface area contributed by atoms with Crippen molar-refractivity contribution in [2.75, 3.05) is 12.4 Å². The van der Waals surface area contributed by atoms with Gasteiger partial charge in [0.15, 0.2) is 0 Å². The second-order valence-corrected chi connectivity index (χ2v) is 11.9. The van der Waals surface area contributed by atoms with E-state index < -0.39 is 5.69 Å². The number of aliphatic hydroxyl groups is 1. The second kappa shape index (κ2) is 13.5. The fraction of sp³-hybridized carbons (Fsp3) is 0.765. The van der Waals surface area contributed by atoms with Gasteiger partial charge in [0.25, 0.3) is 0 Å². The van der Waals surface area contributed by atoms with Gasteiger partial charge >= 0.3 is 0 Å². The van der Waals surface area contributed by atoms with E-state index in [4.69, 9.17) is 26.0 Å². The van der Waals surface area contributed by atoms with Crippen molar-refractivity contribution in [3.8, 4) is 11.8 Å². The van der Waals surface area contributed by atoms with Gasteiger partial charge in [0, 0.05) is 30.8 Å². The zero-order chi connectivity index (χ0) is 17.7. The number of aliphatic hydroxyl groups excluding tert-OH is 1. The molecule has 23 heavy (non-hydrogen) atoms. The van der Waals surface area contributed by atoms with E-state index in [1.165, 1.54) is 11.4 Å². The van der Waals surface area contributed by atoms with Crippen LogP contribution in [0.3, 0.4) is 0 Å². The third-order valence-electron chi connectivity index (χ3n) is 2.53. The minimum atomic E-state index is -2.35. The molecule has 0 atom stereocenters. The summed E-state index contributed by atoms with van der Waals surface area (Å²) >= 11 is 7.14. The van der Waals surface area contributed by atoms with E-state index in [1.54, 1.807) is 0 Å². The highest BCUT2D eigenvalue weighted by atomic mass is 32.9.